The van der Waals surface area contributed by atoms with Crippen molar-refractivity contribution in [1.29, 1.82) is 0 Å². The van der Waals surface area contributed by atoms with Crippen LogP contribution in [0.3, 0.4) is 0 Å². The highest BCUT2D eigenvalue weighted by Gasteiger charge is 2.02. The summed E-state index contributed by atoms with van der Waals surface area (Å²) in [5.74, 6) is 0.524. The average molecular weight is 266 g/mol. The predicted molar refractivity (Wildman–Crippen MR) is 60.5 cm³/mol. The number of aromatic amines is 1. The first-order chi connectivity index (χ1) is 7.16. The normalized spacial score (nSPS) is 10.3. The highest BCUT2D eigenvalue weighted by molar-refractivity contribution is 9.10. The van der Waals surface area contributed by atoms with Gasteiger partial charge in [0.1, 0.15) is 10.3 Å². The number of rotatable bonds is 1. The molecule has 0 aliphatic carbocycles. The van der Waals surface area contributed by atoms with E-state index in [4.69, 9.17) is 0 Å². The molecule has 4 nitrogen and oxygen atoms in total. The van der Waals surface area contributed by atoms with E-state index in [2.05, 4.69) is 30.9 Å². The monoisotopic (exact) mass is 265 g/mol. The molecule has 0 radical (unpaired) electrons. The molecule has 76 valence electrons. The van der Waals surface area contributed by atoms with Gasteiger partial charge in [-0.25, -0.2) is 4.98 Å². The third-order valence-corrected chi connectivity index (χ3v) is 2.51. The summed E-state index contributed by atoms with van der Waals surface area (Å²) in [5.41, 5.74) is 1.53. The Morgan fingerprint density at radius 2 is 2.07 bits per heavy atom. The van der Waals surface area contributed by atoms with Crippen LogP contribution >= 0.6 is 15.9 Å². The summed E-state index contributed by atoms with van der Waals surface area (Å²) < 4.78 is 0.423. The van der Waals surface area contributed by atoms with Gasteiger partial charge >= 0.3 is 0 Å². The fourth-order valence-electron chi connectivity index (χ4n) is 1.13. The molecule has 2 rings (SSSR count). The van der Waals surface area contributed by atoms with Crippen LogP contribution in [0.5, 0.6) is 0 Å². The third kappa shape index (κ3) is 2.12. The number of aromatic nitrogens is 3. The molecule has 0 saturated carbocycles. The molecule has 2 aromatic rings. The SMILES string of the molecule is Cc1ccc(-c2ncc(Br)c(=O)[nH]2)cn1. The van der Waals surface area contributed by atoms with Gasteiger partial charge in [-0.05, 0) is 35.0 Å². The maximum Gasteiger partial charge on any atom is 0.265 e. The minimum absolute atomic E-state index is 0.194. The van der Waals surface area contributed by atoms with Gasteiger partial charge < -0.3 is 4.98 Å². The van der Waals surface area contributed by atoms with Crippen molar-refractivity contribution in [2.24, 2.45) is 0 Å². The van der Waals surface area contributed by atoms with Gasteiger partial charge in [0.2, 0.25) is 0 Å². The van der Waals surface area contributed by atoms with Crippen molar-refractivity contribution < 1.29 is 0 Å². The van der Waals surface area contributed by atoms with Crippen molar-refractivity contribution in [1.82, 2.24) is 15.0 Å². The standard InChI is InChI=1S/C10H8BrN3O/c1-6-2-3-7(4-12-6)9-13-5-8(11)10(15)14-9/h2-5H,1H3,(H,13,14,15). The number of hydrogen-bond acceptors (Lipinski definition) is 3. The van der Waals surface area contributed by atoms with Gasteiger partial charge in [0.15, 0.2) is 0 Å². The number of hydrogen-bond donors (Lipinski definition) is 1. The van der Waals surface area contributed by atoms with Crippen molar-refractivity contribution in [2.45, 2.75) is 6.92 Å². The highest BCUT2D eigenvalue weighted by atomic mass is 79.9. The summed E-state index contributed by atoms with van der Waals surface area (Å²) in [7, 11) is 0. The molecule has 0 fully saturated rings. The molecular weight excluding hydrogens is 258 g/mol. The quantitative estimate of drug-likeness (QED) is 0.857. The Morgan fingerprint density at radius 3 is 2.67 bits per heavy atom. The summed E-state index contributed by atoms with van der Waals surface area (Å²) in [5, 5.41) is 0. The van der Waals surface area contributed by atoms with Crippen molar-refractivity contribution in [3.05, 3.63) is 45.0 Å². The molecule has 2 aromatic heterocycles. The molecule has 0 saturated heterocycles. The van der Waals surface area contributed by atoms with E-state index in [1.807, 2.05) is 19.1 Å². The molecule has 0 spiro atoms. The van der Waals surface area contributed by atoms with E-state index >= 15 is 0 Å². The molecule has 0 unspecified atom stereocenters. The summed E-state index contributed by atoms with van der Waals surface area (Å²) in [6, 6.07) is 3.74. The van der Waals surface area contributed by atoms with Crippen LogP contribution in [0.4, 0.5) is 0 Å². The molecule has 0 aliphatic rings. The lowest BCUT2D eigenvalue weighted by molar-refractivity contribution is 1.10. The first-order valence-corrected chi connectivity index (χ1v) is 5.14. The molecule has 0 aromatic carbocycles. The Labute approximate surface area is 94.5 Å². The largest absolute Gasteiger partial charge is 0.306 e. The van der Waals surface area contributed by atoms with Gasteiger partial charge in [0.25, 0.3) is 5.56 Å². The van der Waals surface area contributed by atoms with E-state index in [1.54, 1.807) is 6.20 Å². The van der Waals surface area contributed by atoms with Gasteiger partial charge in [0.05, 0.1) is 0 Å². The minimum Gasteiger partial charge on any atom is -0.306 e. The second-order valence-electron chi connectivity index (χ2n) is 3.10. The lowest BCUT2D eigenvalue weighted by atomic mass is 10.2. The van der Waals surface area contributed by atoms with Crippen LogP contribution in [0.25, 0.3) is 11.4 Å². The minimum atomic E-state index is -0.194. The van der Waals surface area contributed by atoms with Crippen LogP contribution in [-0.2, 0) is 0 Å². The van der Waals surface area contributed by atoms with Gasteiger partial charge in [-0.1, -0.05) is 0 Å². The second-order valence-corrected chi connectivity index (χ2v) is 3.95. The molecule has 15 heavy (non-hydrogen) atoms. The van der Waals surface area contributed by atoms with Crippen LogP contribution in [-0.4, -0.2) is 15.0 Å². The maximum atomic E-state index is 11.3. The van der Waals surface area contributed by atoms with Crippen LogP contribution in [0.1, 0.15) is 5.69 Å². The summed E-state index contributed by atoms with van der Waals surface area (Å²) in [6.45, 7) is 1.90. The van der Waals surface area contributed by atoms with Gasteiger partial charge in [0, 0.05) is 23.7 Å². The molecule has 0 atom stereocenters. The molecule has 5 heteroatoms. The van der Waals surface area contributed by atoms with Crippen molar-refractivity contribution >= 4 is 15.9 Å². The Bertz CT molecular complexity index is 533. The molecule has 0 amide bonds. The first-order valence-electron chi connectivity index (χ1n) is 4.34. The number of nitrogens with one attached hydrogen (secondary N) is 1. The lowest BCUT2D eigenvalue weighted by Crippen LogP contribution is -2.08. The zero-order valence-corrected chi connectivity index (χ0v) is 9.58. The van der Waals surface area contributed by atoms with Gasteiger partial charge in [-0.3, -0.25) is 9.78 Å². The third-order valence-electron chi connectivity index (χ3n) is 1.94. The molecular formula is C10H8BrN3O. The van der Waals surface area contributed by atoms with Gasteiger partial charge in [-0.15, -0.1) is 0 Å². The molecule has 0 aliphatic heterocycles. The van der Waals surface area contributed by atoms with E-state index in [9.17, 15) is 4.79 Å². The Hall–Kier alpha value is -1.49. The lowest BCUT2D eigenvalue weighted by Gasteiger charge is -2.00. The van der Waals surface area contributed by atoms with Crippen molar-refractivity contribution in [3.8, 4) is 11.4 Å². The summed E-state index contributed by atoms with van der Waals surface area (Å²) >= 11 is 3.09. The predicted octanol–water partition coefficient (Wildman–Crippen LogP) is 1.90. The summed E-state index contributed by atoms with van der Waals surface area (Å²) in [4.78, 5) is 22.2. The van der Waals surface area contributed by atoms with Crippen molar-refractivity contribution in [2.75, 3.05) is 0 Å². The van der Waals surface area contributed by atoms with Crippen LogP contribution < -0.4 is 5.56 Å². The van der Waals surface area contributed by atoms with Crippen molar-refractivity contribution in [3.63, 3.8) is 0 Å². The molecule has 1 N–H and O–H groups in total. The van der Waals surface area contributed by atoms with Gasteiger partial charge in [-0.2, -0.15) is 0 Å². The van der Waals surface area contributed by atoms with E-state index < -0.39 is 0 Å². The number of halogens is 1. The Morgan fingerprint density at radius 1 is 1.27 bits per heavy atom. The van der Waals surface area contributed by atoms with E-state index in [0.717, 1.165) is 11.3 Å². The fraction of sp³-hybridized carbons (Fsp3) is 0.100. The Kier molecular flexibility index (Phi) is 2.64. The first kappa shape index (κ1) is 10.0. The van der Waals surface area contributed by atoms with E-state index in [1.165, 1.54) is 6.20 Å². The highest BCUT2D eigenvalue weighted by Crippen LogP contribution is 2.12. The number of aryl methyl sites for hydroxylation is 1. The zero-order chi connectivity index (χ0) is 10.8. The van der Waals surface area contributed by atoms with Crippen LogP contribution in [0, 0.1) is 6.92 Å². The number of nitrogens with zero attached hydrogens (tertiary/aromatic N) is 2. The van der Waals surface area contributed by atoms with Crippen LogP contribution in [0.2, 0.25) is 0 Å². The van der Waals surface area contributed by atoms with E-state index in [0.29, 0.717) is 10.3 Å². The molecule has 0 bridgehead atoms. The topological polar surface area (TPSA) is 58.6 Å². The van der Waals surface area contributed by atoms with E-state index in [-0.39, 0.29) is 5.56 Å². The maximum absolute atomic E-state index is 11.3. The second kappa shape index (κ2) is 3.94. The number of pyridine rings is 1. The Balaban J connectivity index is 2.50. The molecule has 2 heterocycles. The zero-order valence-electron chi connectivity index (χ0n) is 7.99. The average Bonchev–Trinajstić information content (AvgIpc) is 2.23. The summed E-state index contributed by atoms with van der Waals surface area (Å²) in [6.07, 6.45) is 3.16. The number of H-pyrrole nitrogens is 1. The fourth-order valence-corrected chi connectivity index (χ4v) is 1.34. The smallest absolute Gasteiger partial charge is 0.265 e. The van der Waals surface area contributed by atoms with Crippen LogP contribution in [0.15, 0.2) is 33.8 Å².